The largest absolute Gasteiger partial charge is 0.481 e. The number of thiophene rings is 1. The molecule has 0 spiro atoms. The van der Waals surface area contributed by atoms with E-state index in [4.69, 9.17) is 16.7 Å². The number of rotatable bonds is 5. The lowest BCUT2D eigenvalue weighted by Gasteiger charge is -2.24. The highest BCUT2D eigenvalue weighted by Gasteiger charge is 2.23. The Morgan fingerprint density at radius 1 is 1.44 bits per heavy atom. The van der Waals surface area contributed by atoms with Crippen molar-refractivity contribution in [1.29, 1.82) is 0 Å². The first kappa shape index (κ1) is 14.8. The highest BCUT2D eigenvalue weighted by molar-refractivity contribution is 7.16. The van der Waals surface area contributed by atoms with E-state index in [1.807, 2.05) is 6.07 Å². The number of halogens is 1. The summed E-state index contributed by atoms with van der Waals surface area (Å²) in [6, 6.07) is 3.19. The van der Waals surface area contributed by atoms with Gasteiger partial charge in [0, 0.05) is 10.4 Å². The van der Waals surface area contributed by atoms with Gasteiger partial charge in [-0.05, 0) is 26.0 Å². The van der Waals surface area contributed by atoms with Gasteiger partial charge < -0.3 is 15.7 Å². The predicted octanol–water partition coefficient (Wildman–Crippen LogP) is 2.45. The summed E-state index contributed by atoms with van der Waals surface area (Å²) in [5.74, 6) is -0.953. The predicted molar refractivity (Wildman–Crippen MR) is 71.0 cm³/mol. The van der Waals surface area contributed by atoms with Gasteiger partial charge in [0.15, 0.2) is 0 Å². The molecule has 0 aliphatic rings. The van der Waals surface area contributed by atoms with Crippen LogP contribution in [0, 0.1) is 0 Å². The Hall–Kier alpha value is -1.27. The molecule has 0 atom stereocenters. The molecule has 1 aromatic rings. The molecule has 0 aliphatic heterocycles. The van der Waals surface area contributed by atoms with Crippen LogP contribution in [-0.2, 0) is 11.3 Å². The lowest BCUT2D eigenvalue weighted by atomic mass is 10.0. The minimum Gasteiger partial charge on any atom is -0.481 e. The van der Waals surface area contributed by atoms with Crippen LogP contribution in [0.3, 0.4) is 0 Å². The molecular formula is C11H15ClN2O3S. The molecule has 1 aromatic heterocycles. The minimum atomic E-state index is -0.953. The number of carbonyl (C=O) groups is 2. The van der Waals surface area contributed by atoms with Crippen molar-refractivity contribution >= 4 is 34.9 Å². The Morgan fingerprint density at radius 3 is 2.61 bits per heavy atom. The van der Waals surface area contributed by atoms with Gasteiger partial charge in [0.1, 0.15) is 0 Å². The molecule has 1 rings (SSSR count). The van der Waals surface area contributed by atoms with Crippen LogP contribution in [0.2, 0.25) is 4.34 Å². The maximum Gasteiger partial charge on any atom is 0.315 e. The van der Waals surface area contributed by atoms with Crippen molar-refractivity contribution in [3.8, 4) is 0 Å². The SMILES string of the molecule is CC(C)(CC(=O)O)NC(=O)NCc1ccc(Cl)s1. The van der Waals surface area contributed by atoms with Crippen LogP contribution < -0.4 is 10.6 Å². The van der Waals surface area contributed by atoms with Crippen LogP contribution in [0.15, 0.2) is 12.1 Å². The van der Waals surface area contributed by atoms with Gasteiger partial charge in [-0.2, -0.15) is 0 Å². The summed E-state index contributed by atoms with van der Waals surface area (Å²) in [7, 11) is 0. The number of hydrogen-bond donors (Lipinski definition) is 3. The molecule has 0 fully saturated rings. The zero-order valence-corrected chi connectivity index (χ0v) is 11.7. The van der Waals surface area contributed by atoms with E-state index in [2.05, 4.69) is 10.6 Å². The fourth-order valence-corrected chi connectivity index (χ4v) is 2.42. The quantitative estimate of drug-likeness (QED) is 0.779. The topological polar surface area (TPSA) is 78.4 Å². The summed E-state index contributed by atoms with van der Waals surface area (Å²) < 4.78 is 0.665. The Balaban J connectivity index is 2.39. The van der Waals surface area contributed by atoms with Gasteiger partial charge in [-0.15, -0.1) is 11.3 Å². The minimum absolute atomic E-state index is 0.134. The lowest BCUT2D eigenvalue weighted by molar-refractivity contribution is -0.138. The molecule has 0 aromatic carbocycles. The fourth-order valence-electron chi connectivity index (χ4n) is 1.39. The molecule has 0 saturated heterocycles. The second kappa shape index (κ2) is 6.06. The number of hydrogen-bond acceptors (Lipinski definition) is 3. The van der Waals surface area contributed by atoms with Crippen LogP contribution in [0.25, 0.3) is 0 Å². The molecule has 0 bridgehead atoms. The lowest BCUT2D eigenvalue weighted by Crippen LogP contribution is -2.49. The van der Waals surface area contributed by atoms with Crippen molar-refractivity contribution < 1.29 is 14.7 Å². The number of amides is 2. The second-order valence-corrected chi connectivity index (χ2v) is 6.27. The third kappa shape index (κ3) is 5.37. The molecule has 0 unspecified atom stereocenters. The second-order valence-electron chi connectivity index (χ2n) is 4.47. The molecule has 100 valence electrons. The van der Waals surface area contributed by atoms with Crippen molar-refractivity contribution in [3.63, 3.8) is 0 Å². The van der Waals surface area contributed by atoms with Crippen molar-refractivity contribution in [2.75, 3.05) is 0 Å². The first-order valence-corrected chi connectivity index (χ1v) is 6.50. The van der Waals surface area contributed by atoms with E-state index in [0.717, 1.165) is 4.88 Å². The van der Waals surface area contributed by atoms with E-state index in [1.54, 1.807) is 19.9 Å². The zero-order valence-electron chi connectivity index (χ0n) is 10.1. The van der Waals surface area contributed by atoms with Crippen LogP contribution in [0.5, 0.6) is 0 Å². The van der Waals surface area contributed by atoms with E-state index >= 15 is 0 Å². The summed E-state index contributed by atoms with van der Waals surface area (Å²) in [4.78, 5) is 23.1. The number of carboxylic acid groups (broad SMARTS) is 1. The van der Waals surface area contributed by atoms with Gasteiger partial charge in [-0.25, -0.2) is 4.79 Å². The van der Waals surface area contributed by atoms with Gasteiger partial charge in [-0.1, -0.05) is 11.6 Å². The molecule has 1 heterocycles. The highest BCUT2D eigenvalue weighted by atomic mass is 35.5. The smallest absolute Gasteiger partial charge is 0.315 e. The molecule has 3 N–H and O–H groups in total. The molecule has 0 saturated carbocycles. The molecule has 18 heavy (non-hydrogen) atoms. The van der Waals surface area contributed by atoms with E-state index < -0.39 is 17.5 Å². The van der Waals surface area contributed by atoms with Crippen molar-refractivity contribution in [3.05, 3.63) is 21.3 Å². The van der Waals surface area contributed by atoms with Crippen LogP contribution in [0.1, 0.15) is 25.1 Å². The summed E-state index contributed by atoms with van der Waals surface area (Å²) in [6.45, 7) is 3.68. The normalized spacial score (nSPS) is 11.1. The molecule has 0 aliphatic carbocycles. The number of nitrogens with one attached hydrogen (secondary N) is 2. The van der Waals surface area contributed by atoms with Crippen LogP contribution in [-0.4, -0.2) is 22.6 Å². The first-order valence-electron chi connectivity index (χ1n) is 5.30. The average molecular weight is 291 g/mol. The Kier molecular flexibility index (Phi) is 4.98. The van der Waals surface area contributed by atoms with Gasteiger partial charge in [-0.3, -0.25) is 4.79 Å². The molecular weight excluding hydrogens is 276 g/mol. The third-order valence-corrected chi connectivity index (χ3v) is 3.33. The molecule has 2 amide bonds. The van der Waals surface area contributed by atoms with Gasteiger partial charge in [0.25, 0.3) is 0 Å². The zero-order chi connectivity index (χ0) is 13.8. The number of aliphatic carboxylic acids is 1. The Morgan fingerprint density at radius 2 is 2.11 bits per heavy atom. The third-order valence-electron chi connectivity index (χ3n) is 2.10. The Labute approximate surface area is 114 Å². The van der Waals surface area contributed by atoms with E-state index in [0.29, 0.717) is 10.9 Å². The van der Waals surface area contributed by atoms with Gasteiger partial charge in [0.2, 0.25) is 0 Å². The van der Waals surface area contributed by atoms with Crippen LogP contribution in [0.4, 0.5) is 4.79 Å². The number of carbonyl (C=O) groups excluding carboxylic acids is 1. The highest BCUT2D eigenvalue weighted by Crippen LogP contribution is 2.20. The molecule has 7 heteroatoms. The monoisotopic (exact) mass is 290 g/mol. The Bertz CT molecular complexity index is 445. The molecule has 0 radical (unpaired) electrons. The van der Waals surface area contributed by atoms with E-state index in [1.165, 1.54) is 11.3 Å². The van der Waals surface area contributed by atoms with Crippen molar-refractivity contribution in [2.45, 2.75) is 32.4 Å². The maximum absolute atomic E-state index is 11.6. The van der Waals surface area contributed by atoms with Crippen molar-refractivity contribution in [2.24, 2.45) is 0 Å². The van der Waals surface area contributed by atoms with E-state index in [-0.39, 0.29) is 6.42 Å². The summed E-state index contributed by atoms with van der Waals surface area (Å²) in [6.07, 6.45) is -0.134. The standard InChI is InChI=1S/C11H15ClN2O3S/c1-11(2,5-9(15)16)14-10(17)13-6-7-3-4-8(12)18-7/h3-4H,5-6H2,1-2H3,(H,15,16)(H2,13,14,17). The van der Waals surface area contributed by atoms with Crippen LogP contribution >= 0.6 is 22.9 Å². The van der Waals surface area contributed by atoms with Crippen molar-refractivity contribution in [1.82, 2.24) is 10.6 Å². The average Bonchev–Trinajstić information content (AvgIpc) is 2.58. The van der Waals surface area contributed by atoms with Gasteiger partial charge >= 0.3 is 12.0 Å². The molecule has 5 nitrogen and oxygen atoms in total. The van der Waals surface area contributed by atoms with E-state index in [9.17, 15) is 9.59 Å². The maximum atomic E-state index is 11.6. The summed E-state index contributed by atoms with van der Waals surface area (Å²) >= 11 is 7.15. The first-order chi connectivity index (χ1) is 8.28. The summed E-state index contributed by atoms with van der Waals surface area (Å²) in [5, 5.41) is 13.9. The fraction of sp³-hybridized carbons (Fsp3) is 0.455. The number of carboxylic acids is 1. The number of urea groups is 1. The van der Waals surface area contributed by atoms with Gasteiger partial charge in [0.05, 0.1) is 17.3 Å². The summed E-state index contributed by atoms with van der Waals surface area (Å²) in [5.41, 5.74) is -0.789.